The summed E-state index contributed by atoms with van der Waals surface area (Å²) in [5.74, 6) is 0.0232. The lowest BCUT2D eigenvalue weighted by Gasteiger charge is -2.18. The number of para-hydroxylation sites is 1. The van der Waals surface area contributed by atoms with E-state index in [2.05, 4.69) is 26.1 Å². The van der Waals surface area contributed by atoms with Crippen molar-refractivity contribution < 1.29 is 4.79 Å². The fourth-order valence-electron chi connectivity index (χ4n) is 1.84. The van der Waals surface area contributed by atoms with Crippen LogP contribution in [-0.2, 0) is 4.79 Å². The Labute approximate surface area is 127 Å². The van der Waals surface area contributed by atoms with Crippen LogP contribution in [0.3, 0.4) is 0 Å². The van der Waals surface area contributed by atoms with E-state index in [1.54, 1.807) is 0 Å². The Morgan fingerprint density at radius 2 is 1.75 bits per heavy atom. The van der Waals surface area contributed by atoms with Gasteiger partial charge in [-0.15, -0.1) is 0 Å². The van der Waals surface area contributed by atoms with Crippen LogP contribution in [0.2, 0.25) is 0 Å². The van der Waals surface area contributed by atoms with Crippen LogP contribution in [0.1, 0.15) is 6.42 Å². The lowest BCUT2D eigenvalue weighted by Crippen LogP contribution is -2.23. The van der Waals surface area contributed by atoms with E-state index in [1.807, 2.05) is 61.6 Å². The van der Waals surface area contributed by atoms with E-state index in [1.165, 1.54) is 0 Å². The Bertz CT molecular complexity index is 554. The van der Waals surface area contributed by atoms with Gasteiger partial charge >= 0.3 is 0 Å². The van der Waals surface area contributed by atoms with Crippen LogP contribution in [0.5, 0.6) is 0 Å². The van der Waals surface area contributed by atoms with Gasteiger partial charge in [0.15, 0.2) is 0 Å². The van der Waals surface area contributed by atoms with Gasteiger partial charge in [0, 0.05) is 35.9 Å². The third-order valence-corrected chi connectivity index (χ3v) is 3.53. The Balaban J connectivity index is 1.82. The number of hydrogen-bond donors (Lipinski definition) is 1. The minimum Gasteiger partial charge on any atom is -0.374 e. The van der Waals surface area contributed by atoms with Crippen molar-refractivity contribution in [3.8, 4) is 0 Å². The van der Waals surface area contributed by atoms with Crippen LogP contribution < -0.4 is 10.2 Å². The molecule has 2 aromatic rings. The number of carbonyl (C=O) groups excluding carboxylic acids is 1. The van der Waals surface area contributed by atoms with Crippen molar-refractivity contribution in [3.63, 3.8) is 0 Å². The molecule has 4 heteroatoms. The zero-order valence-electron chi connectivity index (χ0n) is 11.3. The van der Waals surface area contributed by atoms with Gasteiger partial charge in [0.25, 0.3) is 0 Å². The lowest BCUT2D eigenvalue weighted by atomic mass is 10.2. The highest BCUT2D eigenvalue weighted by molar-refractivity contribution is 9.10. The molecule has 20 heavy (non-hydrogen) atoms. The minimum absolute atomic E-state index is 0.0232. The molecule has 104 valence electrons. The number of nitrogens with one attached hydrogen (secondary N) is 1. The van der Waals surface area contributed by atoms with Crippen molar-refractivity contribution in [3.05, 3.63) is 59.1 Å². The summed E-state index contributed by atoms with van der Waals surface area (Å²) in [6, 6.07) is 17.6. The summed E-state index contributed by atoms with van der Waals surface area (Å²) in [4.78, 5) is 14.0. The molecule has 0 radical (unpaired) electrons. The highest BCUT2D eigenvalue weighted by Gasteiger charge is 2.05. The second kappa shape index (κ2) is 7.10. The molecule has 0 spiro atoms. The largest absolute Gasteiger partial charge is 0.374 e. The molecule has 2 aromatic carbocycles. The van der Waals surface area contributed by atoms with Gasteiger partial charge in [-0.25, -0.2) is 0 Å². The second-order valence-electron chi connectivity index (χ2n) is 4.56. The third-order valence-electron chi connectivity index (χ3n) is 3.00. The van der Waals surface area contributed by atoms with E-state index in [0.717, 1.165) is 15.8 Å². The zero-order chi connectivity index (χ0) is 14.4. The molecule has 1 N–H and O–H groups in total. The van der Waals surface area contributed by atoms with E-state index in [4.69, 9.17) is 0 Å². The Kier molecular flexibility index (Phi) is 5.18. The summed E-state index contributed by atoms with van der Waals surface area (Å²) >= 11 is 3.37. The quantitative estimate of drug-likeness (QED) is 0.900. The molecule has 2 rings (SSSR count). The molecule has 0 saturated heterocycles. The van der Waals surface area contributed by atoms with E-state index < -0.39 is 0 Å². The molecule has 0 aliphatic carbocycles. The molecule has 0 bridgehead atoms. The van der Waals surface area contributed by atoms with E-state index in [-0.39, 0.29) is 5.91 Å². The number of carbonyl (C=O) groups is 1. The Hall–Kier alpha value is -1.81. The molecule has 0 aliphatic rings. The third kappa shape index (κ3) is 4.38. The molecule has 0 heterocycles. The van der Waals surface area contributed by atoms with Crippen LogP contribution in [-0.4, -0.2) is 19.5 Å². The molecule has 0 saturated carbocycles. The first-order valence-electron chi connectivity index (χ1n) is 6.47. The number of hydrogen-bond acceptors (Lipinski definition) is 2. The Morgan fingerprint density at radius 1 is 1.10 bits per heavy atom. The molecule has 0 aliphatic heterocycles. The standard InChI is InChI=1S/C16H17BrN2O/c1-19(15-5-3-2-4-6-15)12-11-16(20)18-14-9-7-13(17)8-10-14/h2-10H,11-12H2,1H3,(H,18,20). The van der Waals surface area contributed by atoms with Crippen LogP contribution >= 0.6 is 15.9 Å². The predicted molar refractivity (Wildman–Crippen MR) is 87.1 cm³/mol. The van der Waals surface area contributed by atoms with Gasteiger partial charge in [-0.05, 0) is 36.4 Å². The number of benzene rings is 2. The van der Waals surface area contributed by atoms with Crippen molar-refractivity contribution in [2.75, 3.05) is 23.8 Å². The fourth-order valence-corrected chi connectivity index (χ4v) is 2.10. The first-order chi connectivity index (χ1) is 9.65. The fraction of sp³-hybridized carbons (Fsp3) is 0.188. The highest BCUT2D eigenvalue weighted by Crippen LogP contribution is 2.15. The maximum absolute atomic E-state index is 11.9. The topological polar surface area (TPSA) is 32.3 Å². The first kappa shape index (κ1) is 14.6. The van der Waals surface area contributed by atoms with E-state index in [0.29, 0.717) is 13.0 Å². The van der Waals surface area contributed by atoms with Gasteiger partial charge in [-0.1, -0.05) is 34.1 Å². The second-order valence-corrected chi connectivity index (χ2v) is 5.48. The van der Waals surface area contributed by atoms with Gasteiger partial charge in [0.1, 0.15) is 0 Å². The van der Waals surface area contributed by atoms with Crippen molar-refractivity contribution in [2.24, 2.45) is 0 Å². The van der Waals surface area contributed by atoms with Crippen molar-refractivity contribution in [2.45, 2.75) is 6.42 Å². The molecular weight excluding hydrogens is 316 g/mol. The Morgan fingerprint density at radius 3 is 2.40 bits per heavy atom. The minimum atomic E-state index is 0.0232. The molecule has 0 aromatic heterocycles. The average Bonchev–Trinajstić information content (AvgIpc) is 2.48. The number of amides is 1. The normalized spacial score (nSPS) is 10.1. The zero-order valence-corrected chi connectivity index (χ0v) is 12.9. The van der Waals surface area contributed by atoms with Gasteiger partial charge in [-0.2, -0.15) is 0 Å². The van der Waals surface area contributed by atoms with Crippen LogP contribution in [0.4, 0.5) is 11.4 Å². The number of rotatable bonds is 5. The monoisotopic (exact) mass is 332 g/mol. The predicted octanol–water partition coefficient (Wildman–Crippen LogP) is 3.91. The summed E-state index contributed by atoms with van der Waals surface area (Å²) in [7, 11) is 1.99. The maximum atomic E-state index is 11.9. The highest BCUT2D eigenvalue weighted by atomic mass is 79.9. The lowest BCUT2D eigenvalue weighted by molar-refractivity contribution is -0.116. The smallest absolute Gasteiger partial charge is 0.226 e. The SMILES string of the molecule is CN(CCC(=O)Nc1ccc(Br)cc1)c1ccccc1. The number of halogens is 1. The molecule has 0 fully saturated rings. The molecule has 0 atom stereocenters. The summed E-state index contributed by atoms with van der Waals surface area (Å²) in [6.07, 6.45) is 0.460. The van der Waals surface area contributed by atoms with Gasteiger partial charge in [0.05, 0.1) is 0 Å². The van der Waals surface area contributed by atoms with E-state index in [9.17, 15) is 4.79 Å². The average molecular weight is 333 g/mol. The van der Waals surface area contributed by atoms with Gasteiger partial charge in [-0.3, -0.25) is 4.79 Å². The summed E-state index contributed by atoms with van der Waals surface area (Å²) in [5, 5.41) is 2.89. The van der Waals surface area contributed by atoms with E-state index >= 15 is 0 Å². The van der Waals surface area contributed by atoms with Gasteiger partial charge < -0.3 is 10.2 Å². The molecular formula is C16H17BrN2O. The summed E-state index contributed by atoms with van der Waals surface area (Å²) in [6.45, 7) is 0.687. The van der Waals surface area contributed by atoms with Crippen molar-refractivity contribution in [1.29, 1.82) is 0 Å². The molecule has 3 nitrogen and oxygen atoms in total. The van der Waals surface area contributed by atoms with Gasteiger partial charge in [0.2, 0.25) is 5.91 Å². The number of nitrogens with zero attached hydrogens (tertiary/aromatic N) is 1. The first-order valence-corrected chi connectivity index (χ1v) is 7.26. The number of anilines is 2. The van der Waals surface area contributed by atoms with Crippen LogP contribution in [0.15, 0.2) is 59.1 Å². The van der Waals surface area contributed by atoms with Crippen LogP contribution in [0.25, 0.3) is 0 Å². The van der Waals surface area contributed by atoms with Crippen molar-refractivity contribution >= 4 is 33.2 Å². The molecule has 1 amide bonds. The summed E-state index contributed by atoms with van der Waals surface area (Å²) in [5.41, 5.74) is 1.93. The maximum Gasteiger partial charge on any atom is 0.226 e. The van der Waals surface area contributed by atoms with Crippen molar-refractivity contribution in [1.82, 2.24) is 0 Å². The molecule has 0 unspecified atom stereocenters. The van der Waals surface area contributed by atoms with Crippen LogP contribution in [0, 0.1) is 0 Å². The summed E-state index contributed by atoms with van der Waals surface area (Å²) < 4.78 is 0.999.